The van der Waals surface area contributed by atoms with E-state index in [-0.39, 0.29) is 12.4 Å². The molecule has 1 aliphatic rings. The van der Waals surface area contributed by atoms with Crippen molar-refractivity contribution in [1.82, 2.24) is 10.2 Å². The van der Waals surface area contributed by atoms with Gasteiger partial charge in [0.05, 0.1) is 20.3 Å². The van der Waals surface area contributed by atoms with Crippen LogP contribution in [0.1, 0.15) is 11.1 Å². The van der Waals surface area contributed by atoms with Gasteiger partial charge in [0.25, 0.3) is 0 Å². The largest absolute Gasteiger partial charge is 0.493 e. The van der Waals surface area contributed by atoms with Gasteiger partial charge in [-0.1, -0.05) is 18.2 Å². The summed E-state index contributed by atoms with van der Waals surface area (Å²) in [6, 6.07) is 17.5. The van der Waals surface area contributed by atoms with Crippen LogP contribution in [-0.2, 0) is 22.6 Å². The van der Waals surface area contributed by atoms with E-state index in [1.807, 2.05) is 29.6 Å². The number of carbonyl (C=O) groups excluding carboxylic acids is 3. The van der Waals surface area contributed by atoms with Gasteiger partial charge in [0.1, 0.15) is 17.3 Å². The number of amides is 4. The summed E-state index contributed by atoms with van der Waals surface area (Å²) in [5.74, 6) is -0.0320. The molecule has 4 amide bonds. The van der Waals surface area contributed by atoms with Crippen LogP contribution in [0.25, 0.3) is 0 Å². The van der Waals surface area contributed by atoms with Gasteiger partial charge in [-0.2, -0.15) is 0 Å². The van der Waals surface area contributed by atoms with Gasteiger partial charge < -0.3 is 14.2 Å². The number of nitrogens with zero attached hydrogens (tertiary/aromatic N) is 1. The Morgan fingerprint density at radius 3 is 2.12 bits per heavy atom. The third-order valence-electron chi connectivity index (χ3n) is 5.09. The smallest absolute Gasteiger partial charge is 0.331 e. The Balaban J connectivity index is 1.35. The number of hydrogen-bond donors (Lipinski definition) is 1. The average molecular weight is 464 g/mol. The zero-order chi connectivity index (χ0) is 24.1. The maximum absolute atomic E-state index is 13.0. The molecular formula is C25H21FN2O6. The summed E-state index contributed by atoms with van der Waals surface area (Å²) < 4.78 is 29.9. The van der Waals surface area contributed by atoms with Crippen molar-refractivity contribution in [3.05, 3.63) is 83.7 Å². The fourth-order valence-corrected chi connectivity index (χ4v) is 3.33. The van der Waals surface area contributed by atoms with Crippen LogP contribution in [0.15, 0.2) is 66.7 Å². The predicted octanol–water partition coefficient (Wildman–Crippen LogP) is 3.83. The Bertz CT molecular complexity index is 1210. The van der Waals surface area contributed by atoms with Crippen molar-refractivity contribution in [3.8, 4) is 23.0 Å². The van der Waals surface area contributed by atoms with Crippen LogP contribution in [0.3, 0.4) is 0 Å². The molecule has 1 aliphatic heterocycles. The quantitative estimate of drug-likeness (QED) is 0.382. The number of benzene rings is 3. The molecule has 9 heteroatoms. The van der Waals surface area contributed by atoms with E-state index in [4.69, 9.17) is 14.2 Å². The summed E-state index contributed by atoms with van der Waals surface area (Å²) >= 11 is 0. The molecule has 3 aromatic carbocycles. The summed E-state index contributed by atoms with van der Waals surface area (Å²) in [5.41, 5.74) is 1.62. The second-order valence-corrected chi connectivity index (χ2v) is 7.43. The molecule has 1 heterocycles. The number of carbonyl (C=O) groups is 3. The number of nitrogens with one attached hydrogen (secondary N) is 1. The van der Waals surface area contributed by atoms with Crippen molar-refractivity contribution in [2.45, 2.75) is 13.0 Å². The number of hydrogen-bond acceptors (Lipinski definition) is 6. The minimum atomic E-state index is -0.941. The first-order chi connectivity index (χ1) is 16.4. The second-order valence-electron chi connectivity index (χ2n) is 7.43. The van der Waals surface area contributed by atoms with Crippen LogP contribution in [0.2, 0.25) is 0 Å². The summed E-state index contributed by atoms with van der Waals surface area (Å²) in [5, 5.41) is 1.96. The Hall–Kier alpha value is -4.40. The zero-order valence-corrected chi connectivity index (χ0v) is 18.2. The van der Waals surface area contributed by atoms with Gasteiger partial charge in [-0.3, -0.25) is 19.8 Å². The molecule has 8 nitrogen and oxygen atoms in total. The number of rotatable bonds is 9. The number of imide groups is 2. The molecule has 0 unspecified atom stereocenters. The molecule has 0 atom stereocenters. The molecule has 1 saturated heterocycles. The normalized spacial score (nSPS) is 13.1. The fraction of sp³-hybridized carbons (Fsp3) is 0.160. The third-order valence-corrected chi connectivity index (χ3v) is 5.09. The summed E-state index contributed by atoms with van der Waals surface area (Å²) in [6.07, 6.45) is 0.603. The van der Waals surface area contributed by atoms with E-state index < -0.39 is 17.8 Å². The molecule has 4 rings (SSSR count). The van der Waals surface area contributed by atoms with Crippen LogP contribution in [0.4, 0.5) is 9.18 Å². The number of halogens is 1. The van der Waals surface area contributed by atoms with Crippen molar-refractivity contribution in [3.63, 3.8) is 0 Å². The van der Waals surface area contributed by atoms with Gasteiger partial charge in [0, 0.05) is 6.42 Å². The van der Waals surface area contributed by atoms with Gasteiger partial charge in [-0.25, -0.2) is 9.18 Å². The molecule has 0 radical (unpaired) electrons. The van der Waals surface area contributed by atoms with Crippen molar-refractivity contribution < 1.29 is 33.0 Å². The van der Waals surface area contributed by atoms with Gasteiger partial charge >= 0.3 is 17.8 Å². The molecule has 0 saturated carbocycles. The van der Waals surface area contributed by atoms with Gasteiger partial charge in [-0.05, 0) is 59.7 Å². The SMILES string of the molecule is COc1ccc(CN2C(=O)NC(=O)C2=O)cc1OCCc1ccc(Oc2ccc(F)cc2)cc1. The molecule has 0 aliphatic carbocycles. The Morgan fingerprint density at radius 2 is 1.50 bits per heavy atom. The van der Waals surface area contributed by atoms with Crippen LogP contribution < -0.4 is 19.5 Å². The molecule has 1 N–H and O–H groups in total. The monoisotopic (exact) mass is 464 g/mol. The highest BCUT2D eigenvalue weighted by Crippen LogP contribution is 2.29. The molecule has 34 heavy (non-hydrogen) atoms. The molecule has 0 bridgehead atoms. The number of methoxy groups -OCH3 is 1. The lowest BCUT2D eigenvalue weighted by atomic mass is 10.1. The molecule has 1 fully saturated rings. The third kappa shape index (κ3) is 5.32. The van der Waals surface area contributed by atoms with E-state index in [0.717, 1.165) is 10.5 Å². The van der Waals surface area contributed by atoms with E-state index in [9.17, 15) is 18.8 Å². The first kappa shape index (κ1) is 22.8. The Kier molecular flexibility index (Phi) is 6.72. The molecule has 174 valence electrons. The van der Waals surface area contributed by atoms with E-state index in [0.29, 0.717) is 41.6 Å². The van der Waals surface area contributed by atoms with Gasteiger partial charge in [-0.15, -0.1) is 0 Å². The van der Waals surface area contributed by atoms with Crippen LogP contribution in [-0.4, -0.2) is 36.5 Å². The van der Waals surface area contributed by atoms with E-state index in [1.165, 1.54) is 19.2 Å². The highest BCUT2D eigenvalue weighted by atomic mass is 19.1. The zero-order valence-electron chi connectivity index (χ0n) is 18.2. The first-order valence-electron chi connectivity index (χ1n) is 10.4. The van der Waals surface area contributed by atoms with E-state index in [1.54, 1.807) is 30.3 Å². The summed E-state index contributed by atoms with van der Waals surface area (Å²) in [6.45, 7) is 0.284. The number of ether oxygens (including phenoxy) is 3. The maximum atomic E-state index is 13.0. The topological polar surface area (TPSA) is 94.2 Å². The molecule has 0 spiro atoms. The van der Waals surface area contributed by atoms with Crippen molar-refractivity contribution in [2.24, 2.45) is 0 Å². The Morgan fingerprint density at radius 1 is 0.853 bits per heavy atom. The first-order valence-corrected chi connectivity index (χ1v) is 10.4. The minimum absolute atomic E-state index is 0.0632. The second kappa shape index (κ2) is 10.0. The fourth-order valence-electron chi connectivity index (χ4n) is 3.33. The summed E-state index contributed by atoms with van der Waals surface area (Å²) in [7, 11) is 1.51. The molecule has 0 aromatic heterocycles. The summed E-state index contributed by atoms with van der Waals surface area (Å²) in [4.78, 5) is 35.8. The van der Waals surface area contributed by atoms with E-state index in [2.05, 4.69) is 0 Å². The lowest BCUT2D eigenvalue weighted by Gasteiger charge is -2.15. The van der Waals surface area contributed by atoms with Crippen LogP contribution >= 0.6 is 0 Å². The van der Waals surface area contributed by atoms with Crippen molar-refractivity contribution in [2.75, 3.05) is 13.7 Å². The van der Waals surface area contributed by atoms with Crippen molar-refractivity contribution >= 4 is 17.8 Å². The van der Waals surface area contributed by atoms with Crippen molar-refractivity contribution in [1.29, 1.82) is 0 Å². The van der Waals surface area contributed by atoms with Crippen LogP contribution in [0.5, 0.6) is 23.0 Å². The number of urea groups is 1. The highest BCUT2D eigenvalue weighted by Gasteiger charge is 2.36. The predicted molar refractivity (Wildman–Crippen MR) is 119 cm³/mol. The highest BCUT2D eigenvalue weighted by molar-refractivity contribution is 6.44. The van der Waals surface area contributed by atoms with Crippen LogP contribution in [0, 0.1) is 5.82 Å². The van der Waals surface area contributed by atoms with Gasteiger partial charge in [0.15, 0.2) is 11.5 Å². The average Bonchev–Trinajstić information content (AvgIpc) is 3.08. The van der Waals surface area contributed by atoms with Gasteiger partial charge in [0.2, 0.25) is 0 Å². The minimum Gasteiger partial charge on any atom is -0.493 e. The standard InChI is InChI=1S/C25H21FN2O6/c1-32-21-11-4-17(15-28-24(30)23(29)27-25(28)31)14-22(21)33-13-12-16-2-7-19(8-3-16)34-20-9-5-18(26)6-10-20/h2-11,14H,12-13,15H2,1H3,(H,27,29,31). The van der Waals surface area contributed by atoms with E-state index >= 15 is 0 Å². The lowest BCUT2D eigenvalue weighted by molar-refractivity contribution is -0.140. The maximum Gasteiger partial charge on any atom is 0.331 e. The Labute approximate surface area is 194 Å². The molecular weight excluding hydrogens is 443 g/mol. The molecule has 3 aromatic rings. The lowest BCUT2D eigenvalue weighted by Crippen LogP contribution is -2.30.